The van der Waals surface area contributed by atoms with E-state index in [4.69, 9.17) is 9.62 Å². The summed E-state index contributed by atoms with van der Waals surface area (Å²) in [6, 6.07) is 3.44. The molecule has 6 nitrogen and oxygen atoms in total. The lowest BCUT2D eigenvalue weighted by molar-refractivity contribution is 0.179. The SMILES string of the molecule is O/N=C1/CCCc2c1nc(-c1ccco1)n2O. The topological polar surface area (TPSA) is 83.8 Å². The fourth-order valence-electron chi connectivity index (χ4n) is 2.11. The Morgan fingerprint density at radius 1 is 1.41 bits per heavy atom. The molecule has 2 heterocycles. The van der Waals surface area contributed by atoms with E-state index in [0.717, 1.165) is 11.2 Å². The molecule has 3 rings (SSSR count). The highest BCUT2D eigenvalue weighted by molar-refractivity contribution is 6.00. The Labute approximate surface area is 96.8 Å². The summed E-state index contributed by atoms with van der Waals surface area (Å²) in [6.07, 6.45) is 3.72. The Morgan fingerprint density at radius 2 is 2.29 bits per heavy atom. The van der Waals surface area contributed by atoms with E-state index in [1.165, 1.54) is 6.26 Å². The predicted molar refractivity (Wildman–Crippen MR) is 58.4 cm³/mol. The van der Waals surface area contributed by atoms with Crippen LogP contribution in [0.25, 0.3) is 11.6 Å². The van der Waals surface area contributed by atoms with Gasteiger partial charge in [0.15, 0.2) is 5.76 Å². The standard InChI is InChI=1S/C11H11N3O3/c15-13-7-3-1-4-8-10(7)12-11(14(8)16)9-5-2-6-17-9/h2,5-6,15-16H,1,3-4H2/b13-7-. The number of furan rings is 1. The van der Waals surface area contributed by atoms with Gasteiger partial charge in [0.05, 0.1) is 12.0 Å². The maximum absolute atomic E-state index is 10.0. The van der Waals surface area contributed by atoms with Gasteiger partial charge in [-0.05, 0) is 31.4 Å². The van der Waals surface area contributed by atoms with Crippen LogP contribution in [0.2, 0.25) is 0 Å². The first-order valence-electron chi connectivity index (χ1n) is 5.37. The number of oxime groups is 1. The van der Waals surface area contributed by atoms with Crippen molar-refractivity contribution in [3.8, 4) is 11.6 Å². The summed E-state index contributed by atoms with van der Waals surface area (Å²) < 4.78 is 6.21. The lowest BCUT2D eigenvalue weighted by Crippen LogP contribution is -2.13. The van der Waals surface area contributed by atoms with E-state index < -0.39 is 0 Å². The third-order valence-electron chi connectivity index (χ3n) is 2.91. The molecule has 6 heteroatoms. The number of hydrogen-bond acceptors (Lipinski definition) is 5. The van der Waals surface area contributed by atoms with E-state index in [2.05, 4.69) is 10.1 Å². The molecule has 0 atom stereocenters. The number of imidazole rings is 1. The molecule has 0 bridgehead atoms. The highest BCUT2D eigenvalue weighted by atomic mass is 16.5. The van der Waals surface area contributed by atoms with Gasteiger partial charge in [-0.3, -0.25) is 0 Å². The molecule has 2 aromatic heterocycles. The maximum atomic E-state index is 10.0. The second-order valence-corrected chi connectivity index (χ2v) is 3.92. The van der Waals surface area contributed by atoms with Gasteiger partial charge in [0.2, 0.25) is 5.82 Å². The van der Waals surface area contributed by atoms with Gasteiger partial charge >= 0.3 is 0 Å². The molecular weight excluding hydrogens is 222 g/mol. The monoisotopic (exact) mass is 233 g/mol. The van der Waals surface area contributed by atoms with E-state index in [9.17, 15) is 5.21 Å². The molecule has 0 aromatic carbocycles. The molecular formula is C11H11N3O3. The van der Waals surface area contributed by atoms with Crippen LogP contribution in [0.4, 0.5) is 0 Å². The second-order valence-electron chi connectivity index (χ2n) is 3.92. The minimum absolute atomic E-state index is 0.336. The molecule has 88 valence electrons. The number of fused-ring (bicyclic) bond motifs is 1. The Bertz CT molecular complexity index is 569. The molecule has 0 saturated carbocycles. The van der Waals surface area contributed by atoms with Crippen molar-refractivity contribution in [2.75, 3.05) is 0 Å². The van der Waals surface area contributed by atoms with Crippen molar-refractivity contribution in [1.82, 2.24) is 9.71 Å². The molecule has 2 N–H and O–H groups in total. The minimum atomic E-state index is 0.336. The van der Waals surface area contributed by atoms with Crippen LogP contribution in [0.15, 0.2) is 28.0 Å². The minimum Gasteiger partial charge on any atom is -0.461 e. The molecule has 0 spiro atoms. The van der Waals surface area contributed by atoms with Gasteiger partial charge in [0.1, 0.15) is 11.4 Å². The summed E-state index contributed by atoms with van der Waals surface area (Å²) in [6.45, 7) is 0. The van der Waals surface area contributed by atoms with Crippen molar-refractivity contribution in [2.45, 2.75) is 19.3 Å². The van der Waals surface area contributed by atoms with Crippen LogP contribution in [0.5, 0.6) is 0 Å². The molecule has 0 amide bonds. The molecule has 1 aliphatic carbocycles. The third-order valence-corrected chi connectivity index (χ3v) is 2.91. The van der Waals surface area contributed by atoms with E-state index in [1.807, 2.05) is 0 Å². The van der Waals surface area contributed by atoms with Crippen molar-refractivity contribution < 1.29 is 14.8 Å². The van der Waals surface area contributed by atoms with Crippen molar-refractivity contribution in [3.05, 3.63) is 29.8 Å². The number of rotatable bonds is 1. The van der Waals surface area contributed by atoms with Gasteiger partial charge < -0.3 is 14.8 Å². The van der Waals surface area contributed by atoms with Crippen molar-refractivity contribution in [1.29, 1.82) is 0 Å². The van der Waals surface area contributed by atoms with Gasteiger partial charge in [0.25, 0.3) is 0 Å². The van der Waals surface area contributed by atoms with Crippen LogP contribution in [-0.2, 0) is 6.42 Å². The normalized spacial score (nSPS) is 17.3. The fraction of sp³-hybridized carbons (Fsp3) is 0.273. The van der Waals surface area contributed by atoms with Gasteiger partial charge in [-0.15, -0.1) is 0 Å². The van der Waals surface area contributed by atoms with E-state index in [1.54, 1.807) is 12.1 Å². The average Bonchev–Trinajstić information content (AvgIpc) is 2.97. The second kappa shape index (κ2) is 3.65. The summed E-state index contributed by atoms with van der Waals surface area (Å²) in [5, 5.41) is 22.1. The highest BCUT2D eigenvalue weighted by Crippen LogP contribution is 2.27. The summed E-state index contributed by atoms with van der Waals surface area (Å²) in [5.41, 5.74) is 1.72. The molecule has 1 aliphatic rings. The summed E-state index contributed by atoms with van der Waals surface area (Å²) in [7, 11) is 0. The number of nitrogens with zero attached hydrogens (tertiary/aromatic N) is 3. The predicted octanol–water partition coefficient (Wildman–Crippen LogP) is 1.90. The summed E-state index contributed by atoms with van der Waals surface area (Å²) in [5.74, 6) is 0.822. The molecule has 0 saturated heterocycles. The van der Waals surface area contributed by atoms with Crippen LogP contribution in [-0.4, -0.2) is 25.8 Å². The quantitative estimate of drug-likeness (QED) is 0.447. The lowest BCUT2D eigenvalue weighted by atomic mass is 9.99. The van der Waals surface area contributed by atoms with Gasteiger partial charge in [-0.2, -0.15) is 4.73 Å². The number of aromatic nitrogens is 2. The molecule has 0 radical (unpaired) electrons. The van der Waals surface area contributed by atoms with Crippen LogP contribution < -0.4 is 0 Å². The summed E-state index contributed by atoms with van der Waals surface area (Å²) in [4.78, 5) is 4.27. The summed E-state index contributed by atoms with van der Waals surface area (Å²) >= 11 is 0. The first kappa shape index (κ1) is 9.95. The first-order chi connectivity index (χ1) is 8.31. The Balaban J connectivity index is 2.18. The smallest absolute Gasteiger partial charge is 0.212 e. The zero-order chi connectivity index (χ0) is 11.8. The van der Waals surface area contributed by atoms with Gasteiger partial charge in [0, 0.05) is 0 Å². The molecule has 2 aromatic rings. The van der Waals surface area contributed by atoms with Crippen LogP contribution in [0, 0.1) is 0 Å². The first-order valence-corrected chi connectivity index (χ1v) is 5.37. The zero-order valence-corrected chi connectivity index (χ0v) is 9.00. The Hall–Kier alpha value is -2.24. The zero-order valence-electron chi connectivity index (χ0n) is 9.00. The van der Waals surface area contributed by atoms with E-state index in [-0.39, 0.29) is 0 Å². The van der Waals surface area contributed by atoms with Crippen molar-refractivity contribution in [3.63, 3.8) is 0 Å². The van der Waals surface area contributed by atoms with Crippen molar-refractivity contribution in [2.24, 2.45) is 5.16 Å². The largest absolute Gasteiger partial charge is 0.461 e. The van der Waals surface area contributed by atoms with Gasteiger partial charge in [-0.25, -0.2) is 4.98 Å². The molecule has 17 heavy (non-hydrogen) atoms. The van der Waals surface area contributed by atoms with Crippen molar-refractivity contribution >= 4 is 5.71 Å². The highest BCUT2D eigenvalue weighted by Gasteiger charge is 2.26. The Morgan fingerprint density at radius 3 is 3.00 bits per heavy atom. The maximum Gasteiger partial charge on any atom is 0.212 e. The van der Waals surface area contributed by atoms with Gasteiger partial charge in [-0.1, -0.05) is 5.16 Å². The van der Waals surface area contributed by atoms with E-state index in [0.29, 0.717) is 41.5 Å². The lowest BCUT2D eigenvalue weighted by Gasteiger charge is -2.11. The average molecular weight is 233 g/mol. The molecule has 0 unspecified atom stereocenters. The van der Waals surface area contributed by atoms with E-state index >= 15 is 0 Å². The number of hydrogen-bond donors (Lipinski definition) is 2. The Kier molecular flexibility index (Phi) is 2.14. The fourth-order valence-corrected chi connectivity index (χ4v) is 2.11. The van der Waals surface area contributed by atoms with Crippen LogP contribution in [0.3, 0.4) is 0 Å². The molecule has 0 aliphatic heterocycles. The molecule has 0 fully saturated rings. The van der Waals surface area contributed by atoms with Crippen LogP contribution >= 0.6 is 0 Å². The third kappa shape index (κ3) is 1.41. The van der Waals surface area contributed by atoms with Crippen LogP contribution in [0.1, 0.15) is 24.2 Å².